The number of fused-ring (bicyclic) bond motifs is 2. The molecule has 15 heteroatoms. The lowest BCUT2D eigenvalue weighted by molar-refractivity contribution is 0.0975. The topological polar surface area (TPSA) is 154 Å². The van der Waals surface area contributed by atoms with Crippen LogP contribution in [0.3, 0.4) is 0 Å². The molecule has 0 fully saturated rings. The van der Waals surface area contributed by atoms with Gasteiger partial charge in [-0.05, 0) is 123 Å². The predicted octanol–water partition coefficient (Wildman–Crippen LogP) is 8.14. The number of nitrogens with one attached hydrogen (secondary N) is 2. The summed E-state index contributed by atoms with van der Waals surface area (Å²) in [6, 6.07) is 27.6. The first-order valence-electron chi connectivity index (χ1n) is 18.8. The van der Waals surface area contributed by atoms with Crippen LogP contribution in [-0.2, 0) is 42.3 Å². The molecule has 2 amide bonds. The fraction of sp³-hybridized carbons (Fsp3) is 0.286. The number of amides is 2. The van der Waals surface area contributed by atoms with Crippen LogP contribution in [0.1, 0.15) is 67.2 Å². The van der Waals surface area contributed by atoms with Crippen molar-refractivity contribution in [1.29, 1.82) is 0 Å². The molecule has 0 radical (unpaired) electrons. The maximum atomic E-state index is 13.9. The first-order chi connectivity index (χ1) is 27.6. The number of nitrogens with zero attached hydrogens (tertiary/aromatic N) is 5. The molecule has 0 spiro atoms. The zero-order valence-electron chi connectivity index (χ0n) is 31.7. The SMILES string of the molecule is CN(C)CCCCc1ccc(S(=O)(=O)NC(=O)c2nc(N3CCc4cccc(C(=O)Nc5nc6ccccc6s5)c4C3)sc2CCCc2ccccc2)cc1N=O. The quantitative estimate of drug-likeness (QED) is 0.0728. The molecule has 3 heterocycles. The van der Waals surface area contributed by atoms with Crippen molar-refractivity contribution in [3.63, 3.8) is 0 Å². The first-order valence-corrected chi connectivity index (χ1v) is 21.9. The van der Waals surface area contributed by atoms with E-state index in [2.05, 4.69) is 25.1 Å². The number of carbonyl (C=O) groups is 2. The van der Waals surface area contributed by atoms with E-state index >= 15 is 0 Å². The second-order valence-corrected chi connectivity index (χ2v) is 18.0. The van der Waals surface area contributed by atoms with Gasteiger partial charge in [0, 0.05) is 23.5 Å². The molecule has 1 aliphatic heterocycles. The van der Waals surface area contributed by atoms with Gasteiger partial charge in [-0.15, -0.1) is 16.2 Å². The van der Waals surface area contributed by atoms with Gasteiger partial charge in [0.2, 0.25) is 0 Å². The Morgan fingerprint density at radius 3 is 2.46 bits per heavy atom. The molecule has 0 aliphatic carbocycles. The van der Waals surface area contributed by atoms with Crippen molar-refractivity contribution in [1.82, 2.24) is 19.6 Å². The summed E-state index contributed by atoms with van der Waals surface area (Å²) in [4.78, 5) is 53.2. The third-order valence-corrected chi connectivity index (χ3v) is 13.4. The Hall–Kier alpha value is -5.35. The van der Waals surface area contributed by atoms with Gasteiger partial charge in [0.1, 0.15) is 11.4 Å². The molecule has 2 N–H and O–H groups in total. The fourth-order valence-corrected chi connectivity index (χ4v) is 9.90. The Morgan fingerprint density at radius 1 is 0.860 bits per heavy atom. The second kappa shape index (κ2) is 17.8. The third kappa shape index (κ3) is 9.62. The number of hydrogen-bond donors (Lipinski definition) is 2. The van der Waals surface area contributed by atoms with E-state index in [0.717, 1.165) is 52.7 Å². The summed E-state index contributed by atoms with van der Waals surface area (Å²) < 4.78 is 30.4. The van der Waals surface area contributed by atoms with E-state index in [1.165, 1.54) is 34.8 Å². The van der Waals surface area contributed by atoms with Crippen LogP contribution in [0.4, 0.5) is 16.0 Å². The minimum Gasteiger partial charge on any atom is -0.343 e. The number of benzene rings is 4. The number of aryl methyl sites for hydroxylation is 3. The van der Waals surface area contributed by atoms with Crippen LogP contribution in [0.15, 0.2) is 101 Å². The summed E-state index contributed by atoms with van der Waals surface area (Å²) in [5, 5.41) is 7.16. The first kappa shape index (κ1) is 39.9. The highest BCUT2D eigenvalue weighted by molar-refractivity contribution is 7.90. The molecule has 0 bridgehead atoms. The molecule has 12 nitrogen and oxygen atoms in total. The molecule has 294 valence electrons. The standard InChI is InChI=1S/C42H43N7O5S3/c1-48(2)24-9-8-15-30-21-22-31(26-35(30)46-52)57(53,54)47-40(51)38-37(20-10-14-28-12-4-3-5-13-28)56-42(44-38)49-25-23-29-16-11-17-32(33(29)27-49)39(50)45-41-43-34-18-6-7-19-36(34)55-41/h3-7,11-13,16-19,21-22,26H,8-10,14-15,20,23-25,27H2,1-2H3,(H,47,51)(H,43,45,50). The lowest BCUT2D eigenvalue weighted by atomic mass is 9.94. The summed E-state index contributed by atoms with van der Waals surface area (Å²) in [5.74, 6) is -1.11. The number of hydrogen-bond acceptors (Lipinski definition) is 12. The zero-order valence-corrected chi connectivity index (χ0v) is 34.2. The predicted molar refractivity (Wildman–Crippen MR) is 227 cm³/mol. The van der Waals surface area contributed by atoms with E-state index in [9.17, 15) is 22.9 Å². The van der Waals surface area contributed by atoms with Gasteiger partial charge in [-0.1, -0.05) is 72.0 Å². The van der Waals surface area contributed by atoms with Crippen LogP contribution in [0.5, 0.6) is 0 Å². The molecule has 57 heavy (non-hydrogen) atoms. The van der Waals surface area contributed by atoms with Crippen LogP contribution < -0.4 is 14.9 Å². The van der Waals surface area contributed by atoms with E-state index in [-0.39, 0.29) is 22.2 Å². The highest BCUT2D eigenvalue weighted by Gasteiger charge is 2.29. The van der Waals surface area contributed by atoms with Gasteiger partial charge in [-0.2, -0.15) is 0 Å². The number of para-hydroxylation sites is 1. The molecule has 6 aromatic rings. The Bertz CT molecular complexity index is 2480. The van der Waals surface area contributed by atoms with E-state index in [4.69, 9.17) is 4.98 Å². The number of nitroso groups, excluding NO2 is 1. The van der Waals surface area contributed by atoms with Gasteiger partial charge in [0.15, 0.2) is 10.3 Å². The number of anilines is 2. The molecule has 7 rings (SSSR count). The van der Waals surface area contributed by atoms with Gasteiger partial charge in [0.25, 0.3) is 21.8 Å². The van der Waals surface area contributed by atoms with Crippen molar-refractivity contribution in [2.24, 2.45) is 5.18 Å². The smallest absolute Gasteiger partial charge is 0.284 e. The van der Waals surface area contributed by atoms with Crippen LogP contribution in [0, 0.1) is 4.91 Å². The largest absolute Gasteiger partial charge is 0.343 e. The van der Waals surface area contributed by atoms with Gasteiger partial charge in [-0.3, -0.25) is 14.9 Å². The van der Waals surface area contributed by atoms with Crippen molar-refractivity contribution in [3.8, 4) is 0 Å². The maximum Gasteiger partial charge on any atom is 0.284 e. The molecule has 1 aliphatic rings. The van der Waals surface area contributed by atoms with Gasteiger partial charge in [0.05, 0.1) is 15.1 Å². The number of sulfonamides is 1. The van der Waals surface area contributed by atoms with Crippen LogP contribution >= 0.6 is 22.7 Å². The van der Waals surface area contributed by atoms with E-state index < -0.39 is 15.9 Å². The van der Waals surface area contributed by atoms with Crippen molar-refractivity contribution in [3.05, 3.63) is 134 Å². The average molecular weight is 822 g/mol. The van der Waals surface area contributed by atoms with Crippen molar-refractivity contribution in [2.75, 3.05) is 37.4 Å². The number of unbranched alkanes of at least 4 members (excludes halogenated alkanes) is 1. The summed E-state index contributed by atoms with van der Waals surface area (Å²) in [7, 11) is -0.402. The molecular formula is C42H43N7O5S3. The number of carbonyl (C=O) groups excluding carboxylic acids is 2. The summed E-state index contributed by atoms with van der Waals surface area (Å²) in [5.41, 5.74) is 5.13. The minimum atomic E-state index is -4.38. The molecule has 0 unspecified atom stereocenters. The molecule has 0 saturated heterocycles. The van der Waals surface area contributed by atoms with Gasteiger partial charge < -0.3 is 9.80 Å². The van der Waals surface area contributed by atoms with Gasteiger partial charge >= 0.3 is 0 Å². The van der Waals surface area contributed by atoms with Crippen molar-refractivity contribution >= 4 is 70.7 Å². The number of aromatic nitrogens is 2. The maximum absolute atomic E-state index is 13.9. The Kier molecular flexibility index (Phi) is 12.5. The highest BCUT2D eigenvalue weighted by atomic mass is 32.2. The van der Waals surface area contributed by atoms with E-state index in [1.54, 1.807) is 12.1 Å². The fourth-order valence-electron chi connectivity index (χ4n) is 6.95. The van der Waals surface area contributed by atoms with Crippen molar-refractivity contribution < 1.29 is 18.0 Å². The normalized spacial score (nSPS) is 12.8. The van der Waals surface area contributed by atoms with Crippen LogP contribution in [0.2, 0.25) is 0 Å². The lowest BCUT2D eigenvalue weighted by Gasteiger charge is -2.29. The molecular weight excluding hydrogens is 779 g/mol. The third-order valence-electron chi connectivity index (χ3n) is 9.91. The van der Waals surface area contributed by atoms with E-state index in [1.807, 2.05) is 85.7 Å². The van der Waals surface area contributed by atoms with Crippen LogP contribution in [-0.4, -0.2) is 62.3 Å². The number of rotatable bonds is 16. The number of thiazole rings is 2. The minimum absolute atomic E-state index is 0.0329. The van der Waals surface area contributed by atoms with Crippen LogP contribution in [0.25, 0.3) is 10.2 Å². The highest BCUT2D eigenvalue weighted by Crippen LogP contribution is 2.34. The lowest BCUT2D eigenvalue weighted by Crippen LogP contribution is -2.33. The van der Waals surface area contributed by atoms with E-state index in [0.29, 0.717) is 65.0 Å². The Labute approximate surface area is 340 Å². The van der Waals surface area contributed by atoms with Gasteiger partial charge in [-0.25, -0.2) is 23.1 Å². The molecule has 0 atom stereocenters. The summed E-state index contributed by atoms with van der Waals surface area (Å²) in [6.07, 6.45) is 4.92. The molecule has 0 saturated carbocycles. The average Bonchev–Trinajstić information content (AvgIpc) is 3.83. The zero-order chi connectivity index (χ0) is 39.9. The Morgan fingerprint density at radius 2 is 1.67 bits per heavy atom. The second-order valence-electron chi connectivity index (χ2n) is 14.2. The molecule has 4 aromatic carbocycles. The Balaban J connectivity index is 1.11. The molecule has 2 aromatic heterocycles. The summed E-state index contributed by atoms with van der Waals surface area (Å²) in [6.45, 7) is 1.86. The van der Waals surface area contributed by atoms with Crippen molar-refractivity contribution in [2.45, 2.75) is 56.4 Å². The monoisotopic (exact) mass is 821 g/mol. The summed E-state index contributed by atoms with van der Waals surface area (Å²) >= 11 is 2.77.